The highest BCUT2D eigenvalue weighted by Crippen LogP contribution is 2.26. The maximum atomic E-state index is 12.4. The van der Waals surface area contributed by atoms with Crippen molar-refractivity contribution < 1.29 is 9.00 Å². The standard InChI is InChI=1S/C15H22N2O2S/c1-3-13-15(18)17(10-7-11-20(2)19)14(16-13)12-8-5-4-6-9-12/h4-6,8-9,13-14,16H,3,7,10-11H2,1-2H3. The molecule has 0 aliphatic carbocycles. The van der Waals surface area contributed by atoms with Gasteiger partial charge in [0, 0.05) is 29.4 Å². The van der Waals surface area contributed by atoms with Crippen molar-refractivity contribution >= 4 is 16.7 Å². The van der Waals surface area contributed by atoms with Crippen LogP contribution in [-0.4, -0.2) is 39.6 Å². The average molecular weight is 294 g/mol. The number of carbonyl (C=O) groups excluding carboxylic acids is 1. The Morgan fingerprint density at radius 3 is 2.60 bits per heavy atom. The fourth-order valence-corrected chi connectivity index (χ4v) is 3.10. The van der Waals surface area contributed by atoms with E-state index in [9.17, 15) is 9.00 Å². The van der Waals surface area contributed by atoms with E-state index in [0.29, 0.717) is 12.3 Å². The number of nitrogens with zero attached hydrogens (tertiary/aromatic N) is 1. The highest BCUT2D eigenvalue weighted by molar-refractivity contribution is 7.84. The highest BCUT2D eigenvalue weighted by atomic mass is 32.2. The number of hydrogen-bond acceptors (Lipinski definition) is 3. The van der Waals surface area contributed by atoms with Gasteiger partial charge in [-0.3, -0.25) is 14.3 Å². The molecule has 0 spiro atoms. The van der Waals surface area contributed by atoms with Gasteiger partial charge in [0.2, 0.25) is 5.91 Å². The van der Waals surface area contributed by atoms with E-state index in [1.807, 2.05) is 42.2 Å². The van der Waals surface area contributed by atoms with Crippen molar-refractivity contribution in [2.24, 2.45) is 0 Å². The molecule has 4 nitrogen and oxygen atoms in total. The zero-order valence-corrected chi connectivity index (χ0v) is 12.9. The number of carbonyl (C=O) groups is 1. The lowest BCUT2D eigenvalue weighted by Gasteiger charge is -2.24. The lowest BCUT2D eigenvalue weighted by atomic mass is 10.1. The Morgan fingerprint density at radius 1 is 1.30 bits per heavy atom. The van der Waals surface area contributed by atoms with Crippen LogP contribution in [0, 0.1) is 0 Å². The largest absolute Gasteiger partial charge is 0.322 e. The first kappa shape index (κ1) is 15.2. The Labute approximate surface area is 123 Å². The molecule has 0 bridgehead atoms. The van der Waals surface area contributed by atoms with Gasteiger partial charge >= 0.3 is 0 Å². The molecule has 0 radical (unpaired) electrons. The van der Waals surface area contributed by atoms with Gasteiger partial charge in [-0.15, -0.1) is 0 Å². The molecule has 1 aliphatic rings. The molecule has 0 saturated carbocycles. The van der Waals surface area contributed by atoms with Gasteiger partial charge in [0.15, 0.2) is 0 Å². The van der Waals surface area contributed by atoms with Crippen LogP contribution in [0.2, 0.25) is 0 Å². The Bertz CT molecular complexity index is 478. The topological polar surface area (TPSA) is 49.4 Å². The summed E-state index contributed by atoms with van der Waals surface area (Å²) >= 11 is 0. The summed E-state index contributed by atoms with van der Waals surface area (Å²) in [6.07, 6.45) is 3.21. The Hall–Kier alpha value is -1.20. The summed E-state index contributed by atoms with van der Waals surface area (Å²) in [5.41, 5.74) is 1.11. The minimum Gasteiger partial charge on any atom is -0.322 e. The summed E-state index contributed by atoms with van der Waals surface area (Å²) in [6.45, 7) is 2.67. The first-order chi connectivity index (χ1) is 9.63. The van der Waals surface area contributed by atoms with E-state index in [4.69, 9.17) is 0 Å². The maximum Gasteiger partial charge on any atom is 0.241 e. The highest BCUT2D eigenvalue weighted by Gasteiger charge is 2.37. The molecule has 2 rings (SSSR count). The summed E-state index contributed by atoms with van der Waals surface area (Å²) in [6, 6.07) is 9.91. The normalized spacial score (nSPS) is 24.1. The van der Waals surface area contributed by atoms with E-state index in [1.165, 1.54) is 0 Å². The van der Waals surface area contributed by atoms with Crippen LogP contribution in [-0.2, 0) is 15.6 Å². The molecule has 3 unspecified atom stereocenters. The van der Waals surface area contributed by atoms with Crippen molar-refractivity contribution in [2.45, 2.75) is 32.0 Å². The average Bonchev–Trinajstić information content (AvgIpc) is 2.76. The van der Waals surface area contributed by atoms with Crippen LogP contribution in [0.1, 0.15) is 31.5 Å². The molecular weight excluding hydrogens is 272 g/mol. The minimum atomic E-state index is -0.801. The van der Waals surface area contributed by atoms with E-state index in [-0.39, 0.29) is 18.1 Å². The van der Waals surface area contributed by atoms with Crippen LogP contribution in [0.3, 0.4) is 0 Å². The molecular formula is C15H22N2O2S. The van der Waals surface area contributed by atoms with Gasteiger partial charge in [-0.25, -0.2) is 0 Å². The van der Waals surface area contributed by atoms with E-state index in [2.05, 4.69) is 5.32 Å². The van der Waals surface area contributed by atoms with Crippen LogP contribution in [0.5, 0.6) is 0 Å². The summed E-state index contributed by atoms with van der Waals surface area (Å²) < 4.78 is 11.2. The molecule has 3 atom stereocenters. The number of nitrogens with one attached hydrogen (secondary N) is 1. The molecule has 1 heterocycles. The van der Waals surface area contributed by atoms with E-state index in [1.54, 1.807) is 6.26 Å². The van der Waals surface area contributed by atoms with Gasteiger partial charge in [-0.05, 0) is 18.4 Å². The molecule has 1 aromatic carbocycles. The van der Waals surface area contributed by atoms with Crippen LogP contribution in [0.4, 0.5) is 0 Å². The zero-order chi connectivity index (χ0) is 14.5. The molecule has 5 heteroatoms. The van der Waals surface area contributed by atoms with Gasteiger partial charge in [0.1, 0.15) is 6.17 Å². The predicted molar refractivity (Wildman–Crippen MR) is 81.7 cm³/mol. The van der Waals surface area contributed by atoms with Crippen LogP contribution < -0.4 is 5.32 Å². The van der Waals surface area contributed by atoms with Crippen molar-refractivity contribution in [1.29, 1.82) is 0 Å². The quantitative estimate of drug-likeness (QED) is 0.868. The van der Waals surface area contributed by atoms with Crippen molar-refractivity contribution in [3.63, 3.8) is 0 Å². The summed E-state index contributed by atoms with van der Waals surface area (Å²) in [7, 11) is -0.801. The van der Waals surface area contributed by atoms with Gasteiger partial charge in [-0.1, -0.05) is 37.3 Å². The Balaban J connectivity index is 2.11. The molecule has 1 aromatic rings. The number of benzene rings is 1. The van der Waals surface area contributed by atoms with Gasteiger partial charge < -0.3 is 4.90 Å². The minimum absolute atomic E-state index is 0.0565. The summed E-state index contributed by atoms with van der Waals surface area (Å²) in [5, 5.41) is 3.40. The fourth-order valence-electron chi connectivity index (χ4n) is 2.56. The van der Waals surface area contributed by atoms with Crippen LogP contribution >= 0.6 is 0 Å². The van der Waals surface area contributed by atoms with Crippen molar-refractivity contribution in [3.8, 4) is 0 Å². The third-order valence-electron chi connectivity index (χ3n) is 3.61. The first-order valence-corrected chi connectivity index (χ1v) is 8.77. The third-order valence-corrected chi connectivity index (χ3v) is 4.47. The van der Waals surface area contributed by atoms with Crippen LogP contribution in [0.25, 0.3) is 0 Å². The second-order valence-corrected chi connectivity index (χ2v) is 6.66. The van der Waals surface area contributed by atoms with Crippen molar-refractivity contribution in [3.05, 3.63) is 35.9 Å². The number of rotatable bonds is 6. The molecule has 20 heavy (non-hydrogen) atoms. The molecule has 1 saturated heterocycles. The Kier molecular flexibility index (Phi) is 5.31. The predicted octanol–water partition coefficient (Wildman–Crippen LogP) is 1.66. The van der Waals surface area contributed by atoms with E-state index >= 15 is 0 Å². The maximum absolute atomic E-state index is 12.4. The first-order valence-electron chi connectivity index (χ1n) is 7.05. The summed E-state index contributed by atoms with van der Waals surface area (Å²) in [4.78, 5) is 14.3. The zero-order valence-electron chi connectivity index (χ0n) is 12.0. The van der Waals surface area contributed by atoms with Crippen molar-refractivity contribution in [2.75, 3.05) is 18.6 Å². The Morgan fingerprint density at radius 2 is 2.00 bits per heavy atom. The van der Waals surface area contributed by atoms with Gasteiger partial charge in [0.05, 0.1) is 6.04 Å². The van der Waals surface area contributed by atoms with E-state index < -0.39 is 10.8 Å². The molecule has 0 aromatic heterocycles. The third kappa shape index (κ3) is 3.46. The SMILES string of the molecule is CCC1NC(c2ccccc2)N(CCCS(C)=O)C1=O. The monoisotopic (exact) mass is 294 g/mol. The number of amides is 1. The summed E-state index contributed by atoms with van der Waals surface area (Å²) in [5.74, 6) is 0.797. The molecule has 1 aliphatic heterocycles. The van der Waals surface area contributed by atoms with Crippen molar-refractivity contribution in [1.82, 2.24) is 10.2 Å². The van der Waals surface area contributed by atoms with Crippen LogP contribution in [0.15, 0.2) is 30.3 Å². The lowest BCUT2D eigenvalue weighted by molar-refractivity contribution is -0.130. The fraction of sp³-hybridized carbons (Fsp3) is 0.533. The smallest absolute Gasteiger partial charge is 0.241 e. The lowest BCUT2D eigenvalue weighted by Crippen LogP contribution is -2.32. The van der Waals surface area contributed by atoms with Gasteiger partial charge in [-0.2, -0.15) is 0 Å². The number of hydrogen-bond donors (Lipinski definition) is 1. The molecule has 1 N–H and O–H groups in total. The molecule has 1 fully saturated rings. The molecule has 110 valence electrons. The molecule has 1 amide bonds. The van der Waals surface area contributed by atoms with E-state index in [0.717, 1.165) is 18.4 Å². The second-order valence-electron chi connectivity index (χ2n) is 5.10. The van der Waals surface area contributed by atoms with Gasteiger partial charge in [0.25, 0.3) is 0 Å². The second kappa shape index (κ2) is 6.99.